The molecule has 1 nitrogen and oxygen atoms in total. The summed E-state index contributed by atoms with van der Waals surface area (Å²) in [6.07, 6.45) is 5.59. The van der Waals surface area contributed by atoms with Crippen LogP contribution in [0.25, 0.3) is 10.8 Å². The van der Waals surface area contributed by atoms with E-state index in [0.717, 1.165) is 11.3 Å². The highest BCUT2D eigenvalue weighted by Gasteiger charge is 2.15. The molecule has 0 bridgehead atoms. The molecule has 1 saturated carbocycles. The predicted molar refractivity (Wildman–Crippen MR) is 78.3 cm³/mol. The molecular weight excluding hydrogens is 240 g/mol. The molecule has 0 unspecified atom stereocenters. The fourth-order valence-electron chi connectivity index (χ4n) is 2.77. The van der Waals surface area contributed by atoms with Crippen LogP contribution < -0.4 is 0 Å². The first-order valence-corrected chi connectivity index (χ1v) is 7.66. The minimum atomic E-state index is 0.385. The number of aromatic hydroxyl groups is 1. The van der Waals surface area contributed by atoms with Gasteiger partial charge in [0.1, 0.15) is 5.75 Å². The molecule has 0 radical (unpaired) electrons. The third-order valence-corrected chi connectivity index (χ3v) is 5.12. The molecule has 1 aliphatic carbocycles. The lowest BCUT2D eigenvalue weighted by atomic mass is 10.1. The Morgan fingerprint density at radius 1 is 1.00 bits per heavy atom. The van der Waals surface area contributed by atoms with Crippen molar-refractivity contribution >= 4 is 22.5 Å². The van der Waals surface area contributed by atoms with Crippen LogP contribution in [0, 0.1) is 5.92 Å². The lowest BCUT2D eigenvalue weighted by Gasteiger charge is -2.11. The van der Waals surface area contributed by atoms with E-state index >= 15 is 0 Å². The molecule has 18 heavy (non-hydrogen) atoms. The van der Waals surface area contributed by atoms with E-state index in [9.17, 15) is 5.11 Å². The third kappa shape index (κ3) is 2.35. The van der Waals surface area contributed by atoms with E-state index in [-0.39, 0.29) is 0 Å². The molecular formula is C16H18OS. The van der Waals surface area contributed by atoms with Crippen LogP contribution in [0.1, 0.15) is 25.7 Å². The monoisotopic (exact) mass is 258 g/mol. The third-order valence-electron chi connectivity index (χ3n) is 3.81. The number of phenols is 1. The molecule has 0 aromatic heterocycles. The van der Waals surface area contributed by atoms with E-state index in [2.05, 4.69) is 12.1 Å². The Labute approximate surface area is 112 Å². The van der Waals surface area contributed by atoms with Crippen molar-refractivity contribution in [2.24, 2.45) is 5.92 Å². The van der Waals surface area contributed by atoms with Gasteiger partial charge < -0.3 is 5.11 Å². The molecule has 2 aromatic carbocycles. The van der Waals surface area contributed by atoms with Crippen LogP contribution >= 0.6 is 11.8 Å². The highest BCUT2D eigenvalue weighted by atomic mass is 32.2. The van der Waals surface area contributed by atoms with Crippen molar-refractivity contribution in [2.45, 2.75) is 30.6 Å². The number of benzene rings is 2. The van der Waals surface area contributed by atoms with Crippen molar-refractivity contribution < 1.29 is 5.11 Å². The number of fused-ring (bicyclic) bond motifs is 1. The van der Waals surface area contributed by atoms with Gasteiger partial charge in [-0.2, -0.15) is 0 Å². The molecule has 0 spiro atoms. The second kappa shape index (κ2) is 5.23. The summed E-state index contributed by atoms with van der Waals surface area (Å²) in [5, 5.41) is 12.0. The van der Waals surface area contributed by atoms with Crippen LogP contribution in [0.2, 0.25) is 0 Å². The van der Waals surface area contributed by atoms with Crippen molar-refractivity contribution in [3.8, 4) is 5.75 Å². The van der Waals surface area contributed by atoms with Gasteiger partial charge in [0.05, 0.1) is 0 Å². The van der Waals surface area contributed by atoms with Gasteiger partial charge in [-0.15, -0.1) is 11.8 Å². The normalized spacial score (nSPS) is 16.4. The quantitative estimate of drug-likeness (QED) is 0.796. The van der Waals surface area contributed by atoms with Gasteiger partial charge in [0.2, 0.25) is 0 Å². The summed E-state index contributed by atoms with van der Waals surface area (Å²) in [4.78, 5) is 1.30. The van der Waals surface area contributed by atoms with Gasteiger partial charge in [-0.3, -0.25) is 0 Å². The Bertz CT molecular complexity index is 544. The van der Waals surface area contributed by atoms with E-state index in [4.69, 9.17) is 0 Å². The maximum Gasteiger partial charge on any atom is 0.123 e. The summed E-state index contributed by atoms with van der Waals surface area (Å²) in [5.41, 5.74) is 0. The smallest absolute Gasteiger partial charge is 0.123 e. The minimum Gasteiger partial charge on any atom is -0.507 e. The van der Waals surface area contributed by atoms with Gasteiger partial charge >= 0.3 is 0 Å². The van der Waals surface area contributed by atoms with Gasteiger partial charge in [-0.25, -0.2) is 0 Å². The number of phenolic OH excluding ortho intramolecular Hbond substituents is 1. The summed E-state index contributed by atoms with van der Waals surface area (Å²) in [7, 11) is 0. The van der Waals surface area contributed by atoms with Crippen molar-refractivity contribution in [3.63, 3.8) is 0 Å². The first-order chi connectivity index (χ1) is 8.84. The highest BCUT2D eigenvalue weighted by Crippen LogP contribution is 2.36. The lowest BCUT2D eigenvalue weighted by molar-refractivity contribution is 0.481. The number of rotatable bonds is 3. The van der Waals surface area contributed by atoms with E-state index in [0.29, 0.717) is 5.75 Å². The molecule has 1 aliphatic rings. The molecule has 1 N–H and O–H groups in total. The van der Waals surface area contributed by atoms with Crippen molar-refractivity contribution in [2.75, 3.05) is 5.75 Å². The van der Waals surface area contributed by atoms with Gasteiger partial charge in [0.15, 0.2) is 0 Å². The highest BCUT2D eigenvalue weighted by molar-refractivity contribution is 7.99. The standard InChI is InChI=1S/C16H18OS/c17-15-9-10-16(14-8-4-3-7-13(14)15)18-11-12-5-1-2-6-12/h3-4,7-10,12,17H,1-2,5-6,11H2. The number of hydrogen-bond acceptors (Lipinski definition) is 2. The van der Waals surface area contributed by atoms with E-state index in [1.807, 2.05) is 36.0 Å². The maximum atomic E-state index is 9.87. The zero-order valence-electron chi connectivity index (χ0n) is 10.4. The molecule has 94 valence electrons. The van der Waals surface area contributed by atoms with E-state index < -0.39 is 0 Å². The van der Waals surface area contributed by atoms with Crippen molar-refractivity contribution in [1.82, 2.24) is 0 Å². The number of hydrogen-bond donors (Lipinski definition) is 1. The first kappa shape index (κ1) is 11.9. The van der Waals surface area contributed by atoms with Gasteiger partial charge in [0, 0.05) is 16.0 Å². The maximum absolute atomic E-state index is 9.87. The summed E-state index contributed by atoms with van der Waals surface area (Å²) in [6.45, 7) is 0. The van der Waals surface area contributed by atoms with E-state index in [1.54, 1.807) is 0 Å². The Balaban J connectivity index is 1.85. The van der Waals surface area contributed by atoms with Gasteiger partial charge in [-0.05, 0) is 36.3 Å². The van der Waals surface area contributed by atoms with Crippen LogP contribution in [0.5, 0.6) is 5.75 Å². The molecule has 3 rings (SSSR count). The summed E-state index contributed by atoms with van der Waals surface area (Å²) in [6, 6.07) is 12.0. The molecule has 0 aliphatic heterocycles. The van der Waals surface area contributed by atoms with Crippen LogP contribution in [-0.2, 0) is 0 Å². The molecule has 2 aromatic rings. The summed E-state index contributed by atoms with van der Waals surface area (Å²) < 4.78 is 0. The largest absolute Gasteiger partial charge is 0.507 e. The van der Waals surface area contributed by atoms with Crippen LogP contribution in [0.3, 0.4) is 0 Å². The van der Waals surface area contributed by atoms with Crippen molar-refractivity contribution in [3.05, 3.63) is 36.4 Å². The van der Waals surface area contributed by atoms with Crippen LogP contribution in [0.4, 0.5) is 0 Å². The van der Waals surface area contributed by atoms with Gasteiger partial charge in [0.25, 0.3) is 0 Å². The Hall–Kier alpha value is -1.15. The van der Waals surface area contributed by atoms with E-state index in [1.165, 1.54) is 41.7 Å². The molecule has 2 heteroatoms. The average molecular weight is 258 g/mol. The Kier molecular flexibility index (Phi) is 3.46. The fraction of sp³-hybridized carbons (Fsp3) is 0.375. The zero-order valence-corrected chi connectivity index (χ0v) is 11.2. The molecule has 0 atom stereocenters. The Morgan fingerprint density at radius 2 is 1.72 bits per heavy atom. The first-order valence-electron chi connectivity index (χ1n) is 6.68. The number of thioether (sulfide) groups is 1. The average Bonchev–Trinajstić information content (AvgIpc) is 2.92. The molecule has 0 saturated heterocycles. The fourth-order valence-corrected chi connectivity index (χ4v) is 4.01. The topological polar surface area (TPSA) is 20.2 Å². The Morgan fingerprint density at radius 3 is 2.50 bits per heavy atom. The van der Waals surface area contributed by atoms with Crippen LogP contribution in [0.15, 0.2) is 41.3 Å². The summed E-state index contributed by atoms with van der Waals surface area (Å²) >= 11 is 1.94. The molecule has 0 amide bonds. The SMILES string of the molecule is Oc1ccc(SCC2CCCC2)c2ccccc12. The molecule has 0 heterocycles. The minimum absolute atomic E-state index is 0.385. The van der Waals surface area contributed by atoms with Crippen molar-refractivity contribution in [1.29, 1.82) is 0 Å². The molecule has 1 fully saturated rings. The van der Waals surface area contributed by atoms with Gasteiger partial charge in [-0.1, -0.05) is 37.1 Å². The van der Waals surface area contributed by atoms with Crippen LogP contribution in [-0.4, -0.2) is 10.9 Å². The second-order valence-corrected chi connectivity index (χ2v) is 6.15. The summed E-state index contributed by atoms with van der Waals surface area (Å²) in [5.74, 6) is 2.49. The lowest BCUT2D eigenvalue weighted by Crippen LogP contribution is -1.96. The predicted octanol–water partition coefficient (Wildman–Crippen LogP) is 4.83. The second-order valence-electron chi connectivity index (χ2n) is 5.09. The zero-order chi connectivity index (χ0) is 12.4.